The number of nitrogens with one attached hydrogen (secondary N) is 1. The van der Waals surface area contributed by atoms with Gasteiger partial charge in [-0.2, -0.15) is 0 Å². The third-order valence-electron chi connectivity index (χ3n) is 3.38. The van der Waals surface area contributed by atoms with E-state index >= 15 is 0 Å². The minimum atomic E-state index is 0.0349. The molecule has 2 aromatic rings. The second-order valence-corrected chi connectivity index (χ2v) is 6.29. The smallest absolute Gasteiger partial charge is 0.231 e. The number of ether oxygens (including phenoxy) is 3. The maximum absolute atomic E-state index is 11.8. The Bertz CT molecular complexity index is 678. The van der Waals surface area contributed by atoms with E-state index in [9.17, 15) is 4.79 Å². The lowest BCUT2D eigenvalue weighted by molar-refractivity contribution is -0.120. The molecule has 24 heavy (non-hydrogen) atoms. The molecule has 0 unspecified atom stereocenters. The molecule has 126 valence electrons. The van der Waals surface area contributed by atoms with Crippen molar-refractivity contribution in [1.82, 2.24) is 5.32 Å². The number of thioether (sulfide) groups is 1. The molecule has 0 fully saturated rings. The monoisotopic (exact) mass is 345 g/mol. The Hall–Kier alpha value is -2.34. The number of benzene rings is 2. The first kappa shape index (κ1) is 16.5. The van der Waals surface area contributed by atoms with Crippen molar-refractivity contribution in [3.8, 4) is 17.2 Å². The van der Waals surface area contributed by atoms with E-state index in [2.05, 4.69) is 5.32 Å². The zero-order valence-electron chi connectivity index (χ0n) is 13.2. The van der Waals surface area contributed by atoms with E-state index in [0.29, 0.717) is 31.1 Å². The summed E-state index contributed by atoms with van der Waals surface area (Å²) in [6.07, 6.45) is 0.490. The van der Waals surface area contributed by atoms with Crippen LogP contribution in [0.25, 0.3) is 0 Å². The highest BCUT2D eigenvalue weighted by molar-refractivity contribution is 7.99. The second kappa shape index (κ2) is 8.49. The Morgan fingerprint density at radius 3 is 2.83 bits per heavy atom. The zero-order valence-corrected chi connectivity index (χ0v) is 14.0. The van der Waals surface area contributed by atoms with E-state index in [0.717, 1.165) is 11.5 Å². The standard InChI is InChI=1S/C18H19NO4S/c20-18(8-11-24-15-4-2-1-3-5-15)19-9-10-21-14-6-7-16-17(12-14)23-13-22-16/h1-7,12H,8-11,13H2,(H,19,20). The van der Waals surface area contributed by atoms with Crippen molar-refractivity contribution >= 4 is 17.7 Å². The average Bonchev–Trinajstić information content (AvgIpc) is 3.07. The van der Waals surface area contributed by atoms with Crippen molar-refractivity contribution in [1.29, 1.82) is 0 Å². The van der Waals surface area contributed by atoms with Gasteiger partial charge in [-0.15, -0.1) is 11.8 Å². The average molecular weight is 345 g/mol. The van der Waals surface area contributed by atoms with Crippen LogP contribution in [0.15, 0.2) is 53.4 Å². The van der Waals surface area contributed by atoms with Crippen LogP contribution < -0.4 is 19.5 Å². The molecule has 0 bridgehead atoms. The molecular formula is C18H19NO4S. The number of amides is 1. The van der Waals surface area contributed by atoms with Gasteiger partial charge in [0.05, 0.1) is 6.54 Å². The Morgan fingerprint density at radius 1 is 1.12 bits per heavy atom. The fourth-order valence-electron chi connectivity index (χ4n) is 2.19. The summed E-state index contributed by atoms with van der Waals surface area (Å²) in [6, 6.07) is 15.5. The van der Waals surface area contributed by atoms with Crippen LogP contribution in [0.5, 0.6) is 17.2 Å². The predicted molar refractivity (Wildman–Crippen MR) is 92.9 cm³/mol. The van der Waals surface area contributed by atoms with Gasteiger partial charge in [0.2, 0.25) is 12.7 Å². The van der Waals surface area contributed by atoms with E-state index < -0.39 is 0 Å². The Kier molecular flexibility index (Phi) is 5.85. The molecule has 0 aromatic heterocycles. The molecule has 0 radical (unpaired) electrons. The third kappa shape index (κ3) is 4.83. The van der Waals surface area contributed by atoms with Crippen LogP contribution in [0.4, 0.5) is 0 Å². The summed E-state index contributed by atoms with van der Waals surface area (Å²) in [5.41, 5.74) is 0. The first-order chi connectivity index (χ1) is 11.8. The molecule has 1 heterocycles. The number of hydrogen-bond donors (Lipinski definition) is 1. The van der Waals surface area contributed by atoms with E-state index in [-0.39, 0.29) is 12.7 Å². The number of carbonyl (C=O) groups excluding carboxylic acids is 1. The highest BCUT2D eigenvalue weighted by Crippen LogP contribution is 2.34. The summed E-state index contributed by atoms with van der Waals surface area (Å²) in [5, 5.41) is 2.86. The van der Waals surface area contributed by atoms with Crippen molar-refractivity contribution in [2.75, 3.05) is 25.7 Å². The fraction of sp³-hybridized carbons (Fsp3) is 0.278. The van der Waals surface area contributed by atoms with Gasteiger partial charge < -0.3 is 19.5 Å². The second-order valence-electron chi connectivity index (χ2n) is 5.12. The molecule has 0 saturated carbocycles. The van der Waals surface area contributed by atoms with Gasteiger partial charge in [0.1, 0.15) is 12.4 Å². The minimum Gasteiger partial charge on any atom is -0.492 e. The number of fused-ring (bicyclic) bond motifs is 1. The Labute approximate surface area is 145 Å². The van der Waals surface area contributed by atoms with Gasteiger partial charge in [0.15, 0.2) is 11.5 Å². The molecule has 1 aliphatic rings. The molecule has 3 rings (SSSR count). The summed E-state index contributed by atoms with van der Waals surface area (Å²) < 4.78 is 16.1. The number of rotatable bonds is 8. The summed E-state index contributed by atoms with van der Waals surface area (Å²) in [5.74, 6) is 2.92. The van der Waals surface area contributed by atoms with Crippen molar-refractivity contribution in [2.24, 2.45) is 0 Å². The van der Waals surface area contributed by atoms with E-state index in [1.165, 1.54) is 4.90 Å². The number of carbonyl (C=O) groups is 1. The Morgan fingerprint density at radius 2 is 1.96 bits per heavy atom. The van der Waals surface area contributed by atoms with Gasteiger partial charge in [-0.25, -0.2) is 0 Å². The molecule has 0 aliphatic carbocycles. The normalized spacial score (nSPS) is 12.0. The van der Waals surface area contributed by atoms with Crippen LogP contribution in [0, 0.1) is 0 Å². The van der Waals surface area contributed by atoms with Crippen molar-refractivity contribution in [3.63, 3.8) is 0 Å². The van der Waals surface area contributed by atoms with Crippen LogP contribution in [0.1, 0.15) is 6.42 Å². The van der Waals surface area contributed by atoms with Gasteiger partial charge in [0.25, 0.3) is 0 Å². The predicted octanol–water partition coefficient (Wildman–Crippen LogP) is 3.09. The van der Waals surface area contributed by atoms with E-state index in [4.69, 9.17) is 14.2 Å². The highest BCUT2D eigenvalue weighted by Gasteiger charge is 2.13. The van der Waals surface area contributed by atoms with Gasteiger partial charge in [-0.1, -0.05) is 18.2 Å². The molecule has 0 spiro atoms. The summed E-state index contributed by atoms with van der Waals surface area (Å²) in [7, 11) is 0. The third-order valence-corrected chi connectivity index (χ3v) is 4.39. The highest BCUT2D eigenvalue weighted by atomic mass is 32.2. The topological polar surface area (TPSA) is 56.8 Å². The van der Waals surface area contributed by atoms with Gasteiger partial charge >= 0.3 is 0 Å². The molecule has 2 aromatic carbocycles. The van der Waals surface area contributed by atoms with Crippen LogP contribution in [0.2, 0.25) is 0 Å². The molecule has 1 aliphatic heterocycles. The quantitative estimate of drug-likeness (QED) is 0.588. The largest absolute Gasteiger partial charge is 0.492 e. The summed E-state index contributed by atoms with van der Waals surface area (Å²) in [6.45, 7) is 1.14. The first-order valence-corrected chi connectivity index (χ1v) is 8.77. The summed E-state index contributed by atoms with van der Waals surface area (Å²) >= 11 is 1.68. The summed E-state index contributed by atoms with van der Waals surface area (Å²) in [4.78, 5) is 13.0. The van der Waals surface area contributed by atoms with Crippen molar-refractivity contribution in [3.05, 3.63) is 48.5 Å². The first-order valence-electron chi connectivity index (χ1n) is 7.78. The van der Waals surface area contributed by atoms with Crippen LogP contribution >= 0.6 is 11.8 Å². The fourth-order valence-corrected chi connectivity index (χ4v) is 3.07. The molecule has 6 heteroatoms. The van der Waals surface area contributed by atoms with Gasteiger partial charge in [0, 0.05) is 23.1 Å². The van der Waals surface area contributed by atoms with E-state index in [1.54, 1.807) is 17.8 Å². The maximum atomic E-state index is 11.8. The van der Waals surface area contributed by atoms with Crippen molar-refractivity contribution in [2.45, 2.75) is 11.3 Å². The molecule has 1 N–H and O–H groups in total. The Balaban J connectivity index is 1.29. The molecule has 1 amide bonds. The molecule has 0 atom stereocenters. The maximum Gasteiger partial charge on any atom is 0.231 e. The number of hydrogen-bond acceptors (Lipinski definition) is 5. The van der Waals surface area contributed by atoms with Crippen LogP contribution in [0.3, 0.4) is 0 Å². The van der Waals surface area contributed by atoms with Gasteiger partial charge in [-0.05, 0) is 24.3 Å². The molecule has 0 saturated heterocycles. The lowest BCUT2D eigenvalue weighted by Gasteiger charge is -2.08. The SMILES string of the molecule is O=C(CCSc1ccccc1)NCCOc1ccc2c(c1)OCO2. The van der Waals surface area contributed by atoms with E-state index in [1.807, 2.05) is 42.5 Å². The van der Waals surface area contributed by atoms with Crippen LogP contribution in [-0.2, 0) is 4.79 Å². The lowest BCUT2D eigenvalue weighted by atomic mass is 10.3. The zero-order chi connectivity index (χ0) is 16.6. The minimum absolute atomic E-state index is 0.0349. The van der Waals surface area contributed by atoms with Gasteiger partial charge in [-0.3, -0.25) is 4.79 Å². The van der Waals surface area contributed by atoms with Crippen LogP contribution in [-0.4, -0.2) is 31.6 Å². The lowest BCUT2D eigenvalue weighted by Crippen LogP contribution is -2.28. The molecular weight excluding hydrogens is 326 g/mol. The van der Waals surface area contributed by atoms with Crippen molar-refractivity contribution < 1.29 is 19.0 Å². The molecule has 5 nitrogen and oxygen atoms in total.